The molecule has 6 aromatic rings. The molecule has 0 aliphatic carbocycles. The summed E-state index contributed by atoms with van der Waals surface area (Å²) < 4.78 is 202. The minimum absolute atomic E-state index is 0.0361. The van der Waals surface area contributed by atoms with E-state index in [1.807, 2.05) is 46.8 Å². The SMILES string of the molecule is CC(C)(c1ccccc1F)C1(F)COCCC1=O.CC(C)(c1ccccc1F)[C@H]1COCCC1=O.CC(C)(c1ccccc1F)[C@H]1COCC[C@H]1O.CC1=NO[C@@H]2CCOC(=O)[C@H]12.CC1=NO[C@@H]2CCOC[C@H]12.CC1=N[C@](C)(c2ccccc2F)C2(F)COCCC2O1.C[C@@](N)(c1ccccc1F)C1(F)COCCC1O.C[C@]1(c2ccccc2F)N=C(N)OC2CCOCC21F.O=C1C=CCCO1. The monoisotopic (exact) mass is 1940 g/mol. The Labute approximate surface area is 798 Å². The van der Waals surface area contributed by atoms with Crippen LogP contribution in [0.2, 0.25) is 0 Å². The summed E-state index contributed by atoms with van der Waals surface area (Å²) in [6, 6.07) is 37.2. The number of alkyl halides is 4. The summed E-state index contributed by atoms with van der Waals surface area (Å²) in [5.74, 6) is -3.02. The lowest BCUT2D eigenvalue weighted by atomic mass is 9.68. The maximum absolute atomic E-state index is 15.6. The number of carbonyl (C=O) groups is 4. The van der Waals surface area contributed by atoms with Crippen LogP contribution in [0.25, 0.3) is 0 Å². The van der Waals surface area contributed by atoms with Crippen molar-refractivity contribution < 1.29 is 135 Å². The van der Waals surface area contributed by atoms with E-state index < -0.39 is 109 Å². The van der Waals surface area contributed by atoms with Crippen LogP contribution in [0.15, 0.2) is 178 Å². The van der Waals surface area contributed by atoms with Gasteiger partial charge in [0.25, 0.3) is 6.02 Å². The summed E-state index contributed by atoms with van der Waals surface area (Å²) in [6.45, 7) is 25.7. The molecule has 19 rings (SSSR count). The van der Waals surface area contributed by atoms with Crippen LogP contribution in [0.5, 0.6) is 0 Å². The third kappa shape index (κ3) is 23.9. The first-order chi connectivity index (χ1) is 65.4. The molecule has 8 saturated heterocycles. The van der Waals surface area contributed by atoms with Gasteiger partial charge in [-0.2, -0.15) is 0 Å². The molecular weight excluding hydrogens is 1820 g/mol. The second-order valence-corrected chi connectivity index (χ2v) is 38.1. The van der Waals surface area contributed by atoms with Gasteiger partial charge in [-0.1, -0.05) is 167 Å². The number of hydrogen-bond acceptors (Lipinski definition) is 25. The van der Waals surface area contributed by atoms with E-state index in [0.717, 1.165) is 43.9 Å². The first kappa shape index (κ1) is 108. The van der Waals surface area contributed by atoms with E-state index in [1.54, 1.807) is 99.6 Å². The van der Waals surface area contributed by atoms with E-state index in [1.165, 1.54) is 94.4 Å². The van der Waals surface area contributed by atoms with E-state index in [2.05, 4.69) is 25.0 Å². The van der Waals surface area contributed by atoms with Gasteiger partial charge in [0, 0.05) is 110 Å². The lowest BCUT2D eigenvalue weighted by Gasteiger charge is -2.49. The highest BCUT2D eigenvalue weighted by Crippen LogP contribution is 2.52. The highest BCUT2D eigenvalue weighted by Gasteiger charge is 2.64. The molecular formula is C103H128F10N6O19. The molecule has 8 fully saturated rings. The van der Waals surface area contributed by atoms with E-state index >= 15 is 8.78 Å². The lowest BCUT2D eigenvalue weighted by molar-refractivity contribution is -0.156. The first-order valence-electron chi connectivity index (χ1n) is 46.5. The van der Waals surface area contributed by atoms with Gasteiger partial charge in [0.15, 0.2) is 28.7 Å². The van der Waals surface area contributed by atoms with Crippen molar-refractivity contribution in [2.24, 2.45) is 55.4 Å². The number of carbonyl (C=O) groups excluding carboxylic acids is 4. The average Bonchev–Trinajstić information content (AvgIpc) is 0.770. The van der Waals surface area contributed by atoms with Crippen molar-refractivity contribution in [3.8, 4) is 0 Å². The summed E-state index contributed by atoms with van der Waals surface area (Å²) in [4.78, 5) is 63.6. The summed E-state index contributed by atoms with van der Waals surface area (Å²) >= 11 is 0. The van der Waals surface area contributed by atoms with Crippen LogP contribution in [0.3, 0.4) is 0 Å². The predicted octanol–water partition coefficient (Wildman–Crippen LogP) is 16.0. The number of nitrogens with zero attached hydrogens (tertiary/aromatic N) is 4. The summed E-state index contributed by atoms with van der Waals surface area (Å²) in [5, 5.41) is 27.6. The van der Waals surface area contributed by atoms with Crippen molar-refractivity contribution in [2.75, 3.05) is 106 Å². The number of amidine groups is 1. The molecule has 17 atom stereocenters. The number of oxime groups is 2. The van der Waals surface area contributed by atoms with Crippen molar-refractivity contribution in [1.82, 2.24) is 0 Å². The Morgan fingerprint density at radius 1 is 0.457 bits per heavy atom. The van der Waals surface area contributed by atoms with E-state index in [4.69, 9.17) is 68.5 Å². The third-order valence-corrected chi connectivity index (χ3v) is 28.2. The lowest BCUT2D eigenvalue weighted by Crippen LogP contribution is -2.64. The van der Waals surface area contributed by atoms with Gasteiger partial charge in [0.2, 0.25) is 5.67 Å². The number of halogens is 10. The van der Waals surface area contributed by atoms with E-state index in [9.17, 15) is 64.5 Å². The quantitative estimate of drug-likeness (QED) is 0.0731. The Balaban J connectivity index is 0.000000151. The normalized spacial score (nSPS) is 30.5. The highest BCUT2D eigenvalue weighted by molar-refractivity contribution is 6.02. The predicted molar refractivity (Wildman–Crippen MR) is 494 cm³/mol. The molecule has 0 aromatic heterocycles. The van der Waals surface area contributed by atoms with Crippen LogP contribution in [0, 0.1) is 58.6 Å². The second kappa shape index (κ2) is 46.6. The van der Waals surface area contributed by atoms with Gasteiger partial charge in [0.05, 0.1) is 134 Å². The van der Waals surface area contributed by atoms with Crippen LogP contribution in [-0.2, 0) is 114 Å². The Morgan fingerprint density at radius 3 is 1.43 bits per heavy atom. The number of ether oxygens (including phenoxy) is 11. The molecule has 0 saturated carbocycles. The van der Waals surface area contributed by atoms with Crippen LogP contribution in [-0.4, -0.2) is 222 Å². The molecule has 754 valence electrons. The molecule has 13 aliphatic heterocycles. The Morgan fingerprint density at radius 2 is 0.920 bits per heavy atom. The molecule has 6 N–H and O–H groups in total. The van der Waals surface area contributed by atoms with Gasteiger partial charge >= 0.3 is 11.9 Å². The van der Waals surface area contributed by atoms with Crippen molar-refractivity contribution in [1.29, 1.82) is 0 Å². The molecule has 25 nitrogen and oxygen atoms in total. The van der Waals surface area contributed by atoms with Gasteiger partial charge < -0.3 is 83.5 Å². The minimum Gasteiger partial charge on any atom is -0.474 e. The smallest absolute Gasteiger partial charge is 0.330 e. The van der Waals surface area contributed by atoms with Crippen LogP contribution < -0.4 is 11.5 Å². The topological polar surface area (TPSA) is 330 Å². The maximum Gasteiger partial charge on any atom is 0.330 e. The summed E-state index contributed by atoms with van der Waals surface area (Å²) in [7, 11) is 0. The number of aliphatic imine (C=N–C) groups is 2. The maximum atomic E-state index is 15.6. The van der Waals surface area contributed by atoms with Gasteiger partial charge in [-0.25, -0.2) is 58.7 Å². The molecule has 0 spiro atoms. The van der Waals surface area contributed by atoms with Crippen LogP contribution >= 0.6 is 0 Å². The van der Waals surface area contributed by atoms with Gasteiger partial charge in [-0.05, 0) is 101 Å². The molecule has 13 aliphatic rings. The number of aliphatic hydroxyl groups is 2. The van der Waals surface area contributed by atoms with E-state index in [-0.39, 0.29) is 134 Å². The molecule has 13 heterocycles. The van der Waals surface area contributed by atoms with Crippen molar-refractivity contribution in [3.63, 3.8) is 0 Å². The number of hydrogen-bond donors (Lipinski definition) is 4. The van der Waals surface area contributed by atoms with Crippen LogP contribution in [0.1, 0.15) is 174 Å². The zero-order valence-electron chi connectivity index (χ0n) is 80.0. The number of Topliss-reactive ketones (excluding diaryl/α,β-unsaturated/α-hetero) is 2. The molecule has 0 radical (unpaired) electrons. The molecule has 35 heteroatoms. The zero-order valence-corrected chi connectivity index (χ0v) is 80.0. The van der Waals surface area contributed by atoms with Gasteiger partial charge in [-0.15, -0.1) is 0 Å². The number of fused-ring (bicyclic) bond motifs is 4. The number of cyclic esters (lactones) is 2. The second-order valence-electron chi connectivity index (χ2n) is 38.1. The number of aliphatic hydroxyl groups excluding tert-OH is 2. The largest absolute Gasteiger partial charge is 0.474 e. The molecule has 6 aromatic carbocycles. The minimum atomic E-state index is -2.20. The third-order valence-electron chi connectivity index (χ3n) is 28.2. The zero-order chi connectivity index (χ0) is 100. The molecule has 0 amide bonds. The number of nitrogens with two attached hydrogens (primary N) is 2. The number of benzene rings is 6. The molecule has 138 heavy (non-hydrogen) atoms. The Bertz CT molecular complexity index is 5220. The summed E-state index contributed by atoms with van der Waals surface area (Å²) in [5.41, 5.74) is 0.478. The van der Waals surface area contributed by atoms with Gasteiger partial charge in [-0.3, -0.25) is 14.4 Å². The van der Waals surface area contributed by atoms with Crippen molar-refractivity contribution in [2.45, 2.75) is 233 Å². The first-order valence-corrected chi connectivity index (χ1v) is 46.5. The highest BCUT2D eigenvalue weighted by atomic mass is 19.2. The molecule has 0 bridgehead atoms. The number of rotatable bonds is 10. The number of esters is 2. The van der Waals surface area contributed by atoms with Crippen molar-refractivity contribution in [3.05, 3.63) is 226 Å². The average molecular weight is 1940 g/mol. The van der Waals surface area contributed by atoms with Crippen molar-refractivity contribution >= 4 is 46.8 Å². The fourth-order valence-electron chi connectivity index (χ4n) is 19.2. The summed E-state index contributed by atoms with van der Waals surface area (Å²) in [6.07, 6.45) is 5.06. The Kier molecular flexibility index (Phi) is 36.5. The molecule has 7 unspecified atom stereocenters. The van der Waals surface area contributed by atoms with Crippen LogP contribution in [0.4, 0.5) is 43.9 Å². The number of ketones is 2. The standard InChI is InChI=1S/C15H17F2NO2.C14H16F2N2O2.C14H16F2O2.C14H19FO2.C14H17FO2.C13H17F2NO2.C7H9NO3.C7H11NO2.C5H6O2/c1-10-18-14(2,11-5-3-4-6-12(11)16)15(17)9-19-8-7-13(15)20-10;1-13(9-4-2-3-5-10(9)15)14(16)8-19-7-6-11(14)20-12(17)18-13;1-13(2,10-5-3-4-6-11(10)15)14(16)9-18-8-7-12(14)17;2*1-14(2,10-5-3-4-6-12(10)15)11-9-17-8-7-13(11)16;1-12(16,9-4-2-3-5-10(9)14)13(15)8-18-7-6-11(13)17;1-4-6-5(11-8-4)2-3-10-7(6)9;1-5-6-4-9-3-2-7(6)10-8-5;6-5-3-1-2-4-7-5/h3-6,13H,7-9H2,1-2H3;2-5,11H,6-8H2,1H3,(H2,17,18);3-6H,7-9H2,1-2H3;3-6,11,13,16H,7-9H2,1-2H3;3-6,11H,7-9H2,1-2H3;2-5,11,17H,6-8,16H2,1H3;5-6H,2-3H2,1H3;6-7H,2-4H2,1H3;1,3H,2,4H2/t13?,14-,15?;11?,13-,14?;;11-,13+;11-;11?,12-,13?;5-,6-;6-,7-;/m11.00111./s1. The van der Waals surface area contributed by atoms with E-state index in [0.29, 0.717) is 108 Å². The van der Waals surface area contributed by atoms with Gasteiger partial charge in [0.1, 0.15) is 82.1 Å². The Hall–Kier alpha value is -10.1. The fourth-order valence-corrected chi connectivity index (χ4v) is 19.2. The fraction of sp³-hybridized carbons (Fsp3) is 0.553.